The average molecular weight is 409 g/mol. The summed E-state index contributed by atoms with van der Waals surface area (Å²) in [7, 11) is 0. The van der Waals surface area contributed by atoms with E-state index in [-0.39, 0.29) is 11.3 Å². The molecule has 1 N–H and O–H groups in total. The highest BCUT2D eigenvalue weighted by molar-refractivity contribution is 5.97. The first-order valence-corrected chi connectivity index (χ1v) is 9.12. The number of hydrogen-bond donors (Lipinski definition) is 1. The number of carbonyl (C=O) groups is 2. The van der Waals surface area contributed by atoms with Crippen molar-refractivity contribution in [3.63, 3.8) is 0 Å². The third-order valence-electron chi connectivity index (χ3n) is 3.99. The van der Waals surface area contributed by atoms with Crippen molar-refractivity contribution in [1.82, 2.24) is 0 Å². The van der Waals surface area contributed by atoms with E-state index in [1.165, 1.54) is 19.1 Å². The lowest BCUT2D eigenvalue weighted by atomic mass is 10.2. The Morgan fingerprint density at radius 3 is 2.21 bits per heavy atom. The molecule has 0 spiro atoms. The highest BCUT2D eigenvalue weighted by Crippen LogP contribution is 2.29. The van der Waals surface area contributed by atoms with E-state index >= 15 is 0 Å². The van der Waals surface area contributed by atoms with Crippen LogP contribution < -0.4 is 10.1 Å². The van der Waals surface area contributed by atoms with Crippen molar-refractivity contribution in [2.24, 2.45) is 0 Å². The van der Waals surface area contributed by atoms with Gasteiger partial charge in [-0.3, -0.25) is 4.79 Å². The van der Waals surface area contributed by atoms with E-state index in [4.69, 9.17) is 9.47 Å². The van der Waals surface area contributed by atoms with Gasteiger partial charge >= 0.3 is 12.1 Å². The lowest BCUT2D eigenvalue weighted by Gasteiger charge is -2.14. The number of alkyl halides is 3. The van der Waals surface area contributed by atoms with Crippen LogP contribution >= 0.6 is 0 Å². The van der Waals surface area contributed by atoms with E-state index in [0.717, 1.165) is 37.1 Å². The normalized spacial score (nSPS) is 12.2. The molecule has 2 aromatic rings. The van der Waals surface area contributed by atoms with Crippen LogP contribution in [0, 0.1) is 0 Å². The zero-order valence-corrected chi connectivity index (χ0v) is 16.1. The quantitative estimate of drug-likeness (QED) is 0.489. The van der Waals surface area contributed by atoms with E-state index < -0.39 is 29.7 Å². The van der Waals surface area contributed by atoms with Crippen LogP contribution in [0.1, 0.15) is 42.6 Å². The van der Waals surface area contributed by atoms with E-state index in [0.29, 0.717) is 12.4 Å². The largest absolute Gasteiger partial charge is 0.494 e. The van der Waals surface area contributed by atoms with Crippen molar-refractivity contribution in [1.29, 1.82) is 0 Å². The maximum atomic E-state index is 12.6. The molecule has 0 aliphatic heterocycles. The lowest BCUT2D eigenvalue weighted by Crippen LogP contribution is -2.30. The maximum Gasteiger partial charge on any atom is 0.416 e. The molecule has 0 fully saturated rings. The van der Waals surface area contributed by atoms with Crippen LogP contribution in [0.5, 0.6) is 5.75 Å². The molecule has 0 radical (unpaired) electrons. The Morgan fingerprint density at radius 1 is 1.03 bits per heavy atom. The Bertz CT molecular complexity index is 817. The summed E-state index contributed by atoms with van der Waals surface area (Å²) in [4.78, 5) is 24.3. The van der Waals surface area contributed by atoms with Crippen molar-refractivity contribution in [2.75, 3.05) is 11.9 Å². The predicted molar refractivity (Wildman–Crippen MR) is 102 cm³/mol. The molecule has 29 heavy (non-hydrogen) atoms. The molecule has 0 saturated heterocycles. The Balaban J connectivity index is 1.89. The summed E-state index contributed by atoms with van der Waals surface area (Å²) in [5, 5.41) is 2.41. The number of anilines is 1. The smallest absolute Gasteiger partial charge is 0.416 e. The van der Waals surface area contributed by atoms with Gasteiger partial charge in [0.05, 0.1) is 17.7 Å². The van der Waals surface area contributed by atoms with Gasteiger partial charge in [0, 0.05) is 5.69 Å². The van der Waals surface area contributed by atoms with Crippen LogP contribution in [0.3, 0.4) is 0 Å². The highest BCUT2D eigenvalue weighted by atomic mass is 19.4. The molecule has 0 aromatic heterocycles. The average Bonchev–Trinajstić information content (AvgIpc) is 2.68. The Kier molecular flexibility index (Phi) is 7.64. The molecule has 8 heteroatoms. The minimum atomic E-state index is -4.46. The van der Waals surface area contributed by atoms with Crippen LogP contribution in [0.4, 0.5) is 18.9 Å². The number of nitrogens with one attached hydrogen (secondary N) is 1. The molecule has 0 unspecified atom stereocenters. The van der Waals surface area contributed by atoms with E-state index in [2.05, 4.69) is 12.2 Å². The summed E-state index contributed by atoms with van der Waals surface area (Å²) in [6.45, 7) is 4.01. The van der Waals surface area contributed by atoms with Crippen LogP contribution in [-0.2, 0) is 15.7 Å². The number of hydrogen-bond acceptors (Lipinski definition) is 4. The third-order valence-corrected chi connectivity index (χ3v) is 3.99. The maximum absolute atomic E-state index is 12.6. The standard InChI is InChI=1S/C21H22F3NO4/c1-3-4-13-28-18-11-5-15(6-12-18)20(27)29-14(2)19(26)25-17-9-7-16(8-10-17)21(22,23)24/h5-12,14H,3-4,13H2,1-2H3,(H,25,26)/t14-/m1/s1. The van der Waals surface area contributed by atoms with Crippen molar-refractivity contribution in [3.05, 3.63) is 59.7 Å². The van der Waals surface area contributed by atoms with Gasteiger partial charge in [-0.15, -0.1) is 0 Å². The highest BCUT2D eigenvalue weighted by Gasteiger charge is 2.30. The van der Waals surface area contributed by atoms with E-state index in [1.807, 2.05) is 0 Å². The zero-order chi connectivity index (χ0) is 21.4. The fourth-order valence-corrected chi connectivity index (χ4v) is 2.29. The first kappa shape index (κ1) is 22.3. The molecule has 156 valence electrons. The van der Waals surface area contributed by atoms with Gasteiger partial charge in [-0.25, -0.2) is 4.79 Å². The first-order chi connectivity index (χ1) is 13.7. The fourth-order valence-electron chi connectivity index (χ4n) is 2.29. The summed E-state index contributed by atoms with van der Waals surface area (Å²) in [5.74, 6) is -0.721. The van der Waals surface area contributed by atoms with Gasteiger partial charge in [-0.2, -0.15) is 13.2 Å². The van der Waals surface area contributed by atoms with Gasteiger partial charge in [-0.1, -0.05) is 13.3 Å². The Morgan fingerprint density at radius 2 is 1.66 bits per heavy atom. The molecule has 0 heterocycles. The molecular formula is C21H22F3NO4. The summed E-state index contributed by atoms with van der Waals surface area (Å²) in [6, 6.07) is 10.3. The minimum Gasteiger partial charge on any atom is -0.494 e. The second-order valence-electron chi connectivity index (χ2n) is 6.34. The topological polar surface area (TPSA) is 64.6 Å². The Labute approximate surface area is 166 Å². The molecule has 5 nitrogen and oxygen atoms in total. The number of carbonyl (C=O) groups excluding carboxylic acids is 2. The molecular weight excluding hydrogens is 387 g/mol. The summed E-state index contributed by atoms with van der Waals surface area (Å²) in [5.41, 5.74) is -0.404. The van der Waals surface area contributed by atoms with Crippen LogP contribution in [-0.4, -0.2) is 24.6 Å². The molecule has 2 rings (SSSR count). The first-order valence-electron chi connectivity index (χ1n) is 9.12. The molecule has 1 atom stereocenters. The van der Waals surface area contributed by atoms with Crippen molar-refractivity contribution in [3.8, 4) is 5.75 Å². The van der Waals surface area contributed by atoms with Gasteiger partial charge in [-0.05, 0) is 61.9 Å². The second-order valence-corrected chi connectivity index (χ2v) is 6.34. The molecule has 0 bridgehead atoms. The predicted octanol–water partition coefficient (Wildman–Crippen LogP) is 5.07. The van der Waals surface area contributed by atoms with Crippen molar-refractivity contribution < 1.29 is 32.2 Å². The summed E-state index contributed by atoms with van der Waals surface area (Å²) in [6.07, 6.45) is -3.65. The zero-order valence-electron chi connectivity index (χ0n) is 16.1. The van der Waals surface area contributed by atoms with Gasteiger partial charge in [0.1, 0.15) is 5.75 Å². The number of unbranched alkanes of at least 4 members (excludes halogenated alkanes) is 1. The fraction of sp³-hybridized carbons (Fsp3) is 0.333. The summed E-state index contributed by atoms with van der Waals surface area (Å²) >= 11 is 0. The molecule has 0 aliphatic carbocycles. The van der Waals surface area contributed by atoms with Crippen LogP contribution in [0.25, 0.3) is 0 Å². The second kappa shape index (κ2) is 9.95. The van der Waals surface area contributed by atoms with Crippen molar-refractivity contribution >= 4 is 17.6 Å². The minimum absolute atomic E-state index is 0.166. The van der Waals surface area contributed by atoms with Gasteiger partial charge in [0.15, 0.2) is 6.10 Å². The number of benzene rings is 2. The number of ether oxygens (including phenoxy) is 2. The molecule has 0 aliphatic rings. The molecule has 1 amide bonds. The lowest BCUT2D eigenvalue weighted by molar-refractivity contribution is -0.137. The number of halogens is 3. The van der Waals surface area contributed by atoms with Gasteiger partial charge in [0.2, 0.25) is 0 Å². The number of rotatable bonds is 8. The molecule has 0 saturated carbocycles. The number of amides is 1. The monoisotopic (exact) mass is 409 g/mol. The van der Waals surface area contributed by atoms with Gasteiger partial charge in [0.25, 0.3) is 5.91 Å². The third kappa shape index (κ3) is 6.81. The SMILES string of the molecule is CCCCOc1ccc(C(=O)O[C@H](C)C(=O)Nc2ccc(C(F)(F)F)cc2)cc1. The van der Waals surface area contributed by atoms with Gasteiger partial charge < -0.3 is 14.8 Å². The van der Waals surface area contributed by atoms with Crippen LogP contribution in [0.2, 0.25) is 0 Å². The Hall–Kier alpha value is -3.03. The molecule has 2 aromatic carbocycles. The van der Waals surface area contributed by atoms with E-state index in [1.54, 1.807) is 12.1 Å². The van der Waals surface area contributed by atoms with E-state index in [9.17, 15) is 22.8 Å². The summed E-state index contributed by atoms with van der Waals surface area (Å²) < 4.78 is 48.3. The van der Waals surface area contributed by atoms with Crippen LogP contribution in [0.15, 0.2) is 48.5 Å². The number of esters is 1. The van der Waals surface area contributed by atoms with Crippen molar-refractivity contribution in [2.45, 2.75) is 39.0 Å².